The maximum absolute atomic E-state index is 13.0. The third-order valence-electron chi connectivity index (χ3n) is 5.96. The molecule has 1 aliphatic heterocycles. The molecular weight excluding hydrogens is 400 g/mol. The monoisotopic (exact) mass is 430 g/mol. The van der Waals surface area contributed by atoms with Gasteiger partial charge in [0.15, 0.2) is 0 Å². The van der Waals surface area contributed by atoms with Crippen LogP contribution in [0.1, 0.15) is 61.7 Å². The van der Waals surface area contributed by atoms with Crippen LogP contribution in [0.2, 0.25) is 0 Å². The van der Waals surface area contributed by atoms with Gasteiger partial charge >= 0.3 is 6.03 Å². The predicted molar refractivity (Wildman–Crippen MR) is 126 cm³/mol. The number of urea groups is 1. The van der Waals surface area contributed by atoms with E-state index in [1.807, 2.05) is 69.3 Å². The lowest BCUT2D eigenvalue weighted by Crippen LogP contribution is -2.46. The number of rotatable bonds is 7. The molecule has 2 heterocycles. The Kier molecular flexibility index (Phi) is 6.40. The number of hydrogen-bond donors (Lipinski definition) is 1. The Bertz CT molecular complexity index is 1110. The van der Waals surface area contributed by atoms with Crippen LogP contribution in [-0.4, -0.2) is 27.6 Å². The minimum atomic E-state index is -0.350. The second kappa shape index (κ2) is 9.39. The Morgan fingerprint density at radius 3 is 2.28 bits per heavy atom. The Morgan fingerprint density at radius 2 is 1.62 bits per heavy atom. The van der Waals surface area contributed by atoms with E-state index in [1.54, 1.807) is 4.90 Å². The van der Waals surface area contributed by atoms with Gasteiger partial charge in [-0.05, 0) is 32.8 Å². The molecule has 1 unspecified atom stereocenters. The van der Waals surface area contributed by atoms with Crippen LogP contribution in [0.25, 0.3) is 17.0 Å². The molecule has 32 heavy (non-hydrogen) atoms. The van der Waals surface area contributed by atoms with Crippen molar-refractivity contribution in [1.29, 1.82) is 0 Å². The molecule has 1 aromatic heterocycles. The minimum Gasteiger partial charge on any atom is -0.334 e. The van der Waals surface area contributed by atoms with E-state index in [9.17, 15) is 4.79 Å². The van der Waals surface area contributed by atoms with Gasteiger partial charge in [0.05, 0.1) is 11.6 Å². The summed E-state index contributed by atoms with van der Waals surface area (Å²) < 4.78 is 5.75. The fourth-order valence-electron chi connectivity index (χ4n) is 4.01. The molecule has 0 saturated heterocycles. The van der Waals surface area contributed by atoms with Gasteiger partial charge < -0.3 is 9.84 Å². The van der Waals surface area contributed by atoms with Crippen LogP contribution in [0.3, 0.4) is 0 Å². The van der Waals surface area contributed by atoms with Gasteiger partial charge in [-0.3, -0.25) is 4.90 Å². The van der Waals surface area contributed by atoms with Crippen molar-refractivity contribution in [1.82, 2.24) is 20.4 Å². The van der Waals surface area contributed by atoms with Gasteiger partial charge in [-0.25, -0.2) is 4.79 Å². The Morgan fingerprint density at radius 1 is 0.969 bits per heavy atom. The summed E-state index contributed by atoms with van der Waals surface area (Å²) in [6, 6.07) is 15.8. The van der Waals surface area contributed by atoms with Gasteiger partial charge in [0.25, 0.3) is 5.89 Å². The van der Waals surface area contributed by atoms with Gasteiger partial charge in [-0.15, -0.1) is 0 Å². The zero-order valence-corrected chi connectivity index (χ0v) is 19.2. The number of allylic oxidation sites excluding steroid dienone is 1. The van der Waals surface area contributed by atoms with Crippen molar-refractivity contribution in [2.75, 3.05) is 6.54 Å². The van der Waals surface area contributed by atoms with Gasteiger partial charge in [0.2, 0.25) is 5.82 Å². The number of nitrogens with one attached hydrogen (secondary N) is 1. The van der Waals surface area contributed by atoms with E-state index in [4.69, 9.17) is 9.51 Å². The van der Waals surface area contributed by atoms with Crippen molar-refractivity contribution >= 4 is 11.6 Å². The maximum atomic E-state index is 13.0. The van der Waals surface area contributed by atoms with Gasteiger partial charge in [0, 0.05) is 17.8 Å². The molecule has 0 radical (unpaired) electrons. The van der Waals surface area contributed by atoms with Gasteiger partial charge in [-0.2, -0.15) is 4.98 Å². The lowest BCUT2D eigenvalue weighted by molar-refractivity contribution is 0.204. The molecule has 1 atom stereocenters. The molecule has 0 spiro atoms. The highest BCUT2D eigenvalue weighted by Crippen LogP contribution is 2.37. The first-order chi connectivity index (χ1) is 15.5. The average molecular weight is 431 g/mol. The fourth-order valence-corrected chi connectivity index (χ4v) is 4.01. The van der Waals surface area contributed by atoms with Gasteiger partial charge in [-0.1, -0.05) is 84.6 Å². The average Bonchev–Trinajstić information content (AvgIpc) is 3.26. The SMILES string of the molecule is CCCCCN1C(=O)NC(c2ccc(C)cc2)C(c2nc(-c3ccc(C)cc3)no2)=C1C. The van der Waals surface area contributed by atoms with E-state index in [-0.39, 0.29) is 12.1 Å². The van der Waals surface area contributed by atoms with Crippen molar-refractivity contribution in [2.45, 2.75) is 53.0 Å². The highest BCUT2D eigenvalue weighted by atomic mass is 16.5. The zero-order chi connectivity index (χ0) is 22.7. The largest absolute Gasteiger partial charge is 0.334 e. The quantitative estimate of drug-likeness (QED) is 0.464. The minimum absolute atomic E-state index is 0.0915. The maximum Gasteiger partial charge on any atom is 0.322 e. The molecule has 1 N–H and O–H groups in total. The number of carbonyl (C=O) groups excluding carboxylic acids is 1. The second-order valence-electron chi connectivity index (χ2n) is 8.44. The van der Waals surface area contributed by atoms with Crippen molar-refractivity contribution in [2.24, 2.45) is 0 Å². The molecule has 3 aromatic rings. The smallest absolute Gasteiger partial charge is 0.322 e. The number of carbonyl (C=O) groups is 1. The summed E-state index contributed by atoms with van der Waals surface area (Å²) in [6.07, 6.45) is 3.12. The predicted octanol–water partition coefficient (Wildman–Crippen LogP) is 6.04. The first-order valence-electron chi connectivity index (χ1n) is 11.2. The van der Waals surface area contributed by atoms with Crippen LogP contribution in [0.4, 0.5) is 4.79 Å². The summed E-state index contributed by atoms with van der Waals surface area (Å²) in [6.45, 7) is 8.88. The summed E-state index contributed by atoms with van der Waals surface area (Å²) >= 11 is 0. The highest BCUT2D eigenvalue weighted by molar-refractivity contribution is 5.86. The van der Waals surface area contributed by atoms with E-state index >= 15 is 0 Å². The summed E-state index contributed by atoms with van der Waals surface area (Å²) in [7, 11) is 0. The van der Waals surface area contributed by atoms with Gasteiger partial charge in [0.1, 0.15) is 0 Å². The first kappa shape index (κ1) is 21.8. The number of aromatic nitrogens is 2. The molecular formula is C26H30N4O2. The molecule has 4 rings (SSSR count). The fraction of sp³-hybridized carbons (Fsp3) is 0.346. The zero-order valence-electron chi connectivity index (χ0n) is 19.2. The van der Waals surface area contributed by atoms with Crippen LogP contribution in [0.5, 0.6) is 0 Å². The summed E-state index contributed by atoms with van der Waals surface area (Å²) in [5.41, 5.74) is 5.93. The van der Waals surface area contributed by atoms with Crippen LogP contribution in [0.15, 0.2) is 58.8 Å². The molecule has 6 heteroatoms. The molecule has 166 valence electrons. The van der Waals surface area contributed by atoms with E-state index < -0.39 is 0 Å². The van der Waals surface area contributed by atoms with Crippen molar-refractivity contribution in [3.05, 3.63) is 76.8 Å². The summed E-state index contributed by atoms with van der Waals surface area (Å²) in [4.78, 5) is 19.5. The molecule has 2 amide bonds. The van der Waals surface area contributed by atoms with Crippen LogP contribution in [-0.2, 0) is 0 Å². The normalized spacial score (nSPS) is 16.4. The van der Waals surface area contributed by atoms with Crippen molar-refractivity contribution < 1.29 is 9.32 Å². The Labute approximate surface area is 189 Å². The number of aryl methyl sites for hydroxylation is 2. The number of nitrogens with zero attached hydrogens (tertiary/aromatic N) is 3. The standard InChI is InChI=1S/C26H30N4O2/c1-5-6-7-16-30-19(4)22(23(27-26(30)31)20-12-8-17(2)9-13-20)25-28-24(29-32-25)21-14-10-18(3)11-15-21/h8-15,23H,5-7,16H2,1-4H3,(H,27,31). The van der Waals surface area contributed by atoms with Crippen LogP contribution in [0, 0.1) is 13.8 Å². The third-order valence-corrected chi connectivity index (χ3v) is 5.96. The van der Waals surface area contributed by atoms with E-state index in [1.165, 1.54) is 11.1 Å². The van der Waals surface area contributed by atoms with Crippen molar-refractivity contribution in [3.8, 4) is 11.4 Å². The number of hydrogen-bond acceptors (Lipinski definition) is 4. The van der Waals surface area contributed by atoms with Crippen LogP contribution < -0.4 is 5.32 Å². The Hall–Kier alpha value is -3.41. The molecule has 0 fully saturated rings. The van der Waals surface area contributed by atoms with Crippen LogP contribution >= 0.6 is 0 Å². The molecule has 0 aliphatic carbocycles. The molecule has 2 aromatic carbocycles. The lowest BCUT2D eigenvalue weighted by atomic mass is 9.94. The van der Waals surface area contributed by atoms with E-state index in [0.29, 0.717) is 18.3 Å². The first-order valence-corrected chi connectivity index (χ1v) is 11.2. The molecule has 1 aliphatic rings. The molecule has 0 bridgehead atoms. The topological polar surface area (TPSA) is 71.3 Å². The second-order valence-corrected chi connectivity index (χ2v) is 8.44. The van der Waals surface area contributed by atoms with Crippen molar-refractivity contribution in [3.63, 3.8) is 0 Å². The van der Waals surface area contributed by atoms with E-state index in [2.05, 4.69) is 17.4 Å². The number of amides is 2. The number of benzene rings is 2. The summed E-state index contributed by atoms with van der Waals surface area (Å²) in [5, 5.41) is 7.40. The molecule has 6 nitrogen and oxygen atoms in total. The number of unbranched alkanes of at least 4 members (excludes halogenated alkanes) is 2. The van der Waals surface area contributed by atoms with E-state index in [0.717, 1.165) is 41.7 Å². The molecule has 0 saturated carbocycles. The summed E-state index contributed by atoms with van der Waals surface area (Å²) in [5.74, 6) is 0.974. The third kappa shape index (κ3) is 4.44. The Balaban J connectivity index is 1.76. The highest BCUT2D eigenvalue weighted by Gasteiger charge is 2.35. The lowest BCUT2D eigenvalue weighted by Gasteiger charge is -2.35.